The van der Waals surface area contributed by atoms with Crippen LogP contribution in [0.3, 0.4) is 0 Å². The Bertz CT molecular complexity index is 1580. The summed E-state index contributed by atoms with van der Waals surface area (Å²) in [5.74, 6) is -0.205. The number of benzene rings is 3. The molecular weight excluding hydrogens is 472 g/mol. The van der Waals surface area contributed by atoms with Gasteiger partial charge in [-0.15, -0.1) is 0 Å². The average Bonchev–Trinajstić information content (AvgIpc) is 3.47. The van der Waals surface area contributed by atoms with E-state index in [-0.39, 0.29) is 11.8 Å². The fraction of sp³-hybridized carbons (Fsp3) is 0.148. The van der Waals surface area contributed by atoms with E-state index in [4.69, 9.17) is 10.5 Å². The van der Waals surface area contributed by atoms with Gasteiger partial charge in [0.05, 0.1) is 17.1 Å². The molecule has 0 aliphatic carbocycles. The molecule has 0 saturated heterocycles. The first-order valence-electron chi connectivity index (χ1n) is 11.8. The van der Waals surface area contributed by atoms with E-state index in [1.165, 1.54) is 0 Å². The number of anilines is 2. The number of aryl methyl sites for hydroxylation is 1. The van der Waals surface area contributed by atoms with Crippen molar-refractivity contribution in [3.63, 3.8) is 0 Å². The highest BCUT2D eigenvalue weighted by molar-refractivity contribution is 5.96. The normalized spacial score (nSPS) is 12.8. The van der Waals surface area contributed by atoms with Crippen molar-refractivity contribution < 1.29 is 19.4 Å². The Hall–Kier alpha value is -4.83. The van der Waals surface area contributed by atoms with E-state index in [2.05, 4.69) is 32.5 Å². The Morgan fingerprint density at radius 1 is 1.03 bits per heavy atom. The zero-order chi connectivity index (χ0) is 25.9. The van der Waals surface area contributed by atoms with Gasteiger partial charge in [0, 0.05) is 22.7 Å². The molecule has 0 fully saturated rings. The summed E-state index contributed by atoms with van der Waals surface area (Å²) < 4.78 is 5.45. The van der Waals surface area contributed by atoms with Crippen LogP contribution >= 0.6 is 0 Å². The van der Waals surface area contributed by atoms with Crippen LogP contribution in [0.5, 0.6) is 5.88 Å². The number of H-pyrrole nitrogens is 2. The Morgan fingerprint density at radius 2 is 1.84 bits per heavy atom. The molecule has 5 aromatic rings. The first-order chi connectivity index (χ1) is 17.9. The molecule has 0 radical (unpaired) electrons. The Labute approximate surface area is 211 Å². The van der Waals surface area contributed by atoms with Gasteiger partial charge < -0.3 is 36.2 Å². The number of aliphatic hydroxyl groups is 1. The molecule has 188 valence electrons. The highest BCUT2D eigenvalue weighted by Crippen LogP contribution is 2.24. The number of nitrogens with two attached hydrogens (primary N) is 1. The quantitative estimate of drug-likeness (QED) is 0.199. The number of ether oxygens (including phenoxy) is 1. The van der Waals surface area contributed by atoms with E-state index in [0.717, 1.165) is 22.9 Å². The van der Waals surface area contributed by atoms with Crippen molar-refractivity contribution in [2.45, 2.75) is 25.5 Å². The van der Waals surface area contributed by atoms with Crippen molar-refractivity contribution in [1.29, 1.82) is 0 Å². The van der Waals surface area contributed by atoms with Crippen molar-refractivity contribution in [3.8, 4) is 5.88 Å². The summed E-state index contributed by atoms with van der Waals surface area (Å²) in [5.41, 5.74) is 9.91. The number of nitrogen functional groups attached to an aromatic ring is 1. The summed E-state index contributed by atoms with van der Waals surface area (Å²) in [6.07, 6.45) is -1.55. The minimum Gasteiger partial charge on any atom is -0.393 e. The minimum atomic E-state index is -1.62. The number of rotatable bonds is 7. The number of hydrogen-bond donors (Lipinski definition) is 6. The monoisotopic (exact) mass is 498 g/mol. The van der Waals surface area contributed by atoms with Gasteiger partial charge in [-0.2, -0.15) is 0 Å². The molecule has 10 heteroatoms. The number of imidazole rings is 1. The molecule has 5 rings (SSSR count). The standard InChI is InChI=1S/C27H26N6O4/c1-2-15-8-10-19-17(12-15)13-22(30-19)37-27(36)33-23(16-6-4-3-5-7-16)24(34)25(35)29-18-9-11-20-21(14-18)32-26(28)31-20/h3-14,23-24,30,34H,2H2,1H3,(H,29,35)(H,33,36)(H3,28,31,32). The SMILES string of the molecule is CCc1ccc2[nH]c(OC(=O)NC(c3ccccc3)C(O)C(=O)Nc3ccc4nc(N)[nH]c4c3)cc2c1. The van der Waals surface area contributed by atoms with Gasteiger partial charge in [0.1, 0.15) is 0 Å². The van der Waals surface area contributed by atoms with Crippen molar-refractivity contribution in [1.82, 2.24) is 20.3 Å². The molecule has 2 heterocycles. The maximum atomic E-state index is 13.0. The first kappa shape index (κ1) is 23.9. The number of aromatic nitrogens is 3. The third-order valence-electron chi connectivity index (χ3n) is 6.06. The van der Waals surface area contributed by atoms with Crippen LogP contribution in [0.25, 0.3) is 21.9 Å². The van der Waals surface area contributed by atoms with E-state index in [0.29, 0.717) is 22.3 Å². The molecule has 10 nitrogen and oxygen atoms in total. The summed E-state index contributed by atoms with van der Waals surface area (Å²) in [7, 11) is 0. The Kier molecular flexibility index (Phi) is 6.48. The molecule has 0 spiro atoms. The van der Waals surface area contributed by atoms with Crippen LogP contribution < -0.4 is 21.1 Å². The largest absolute Gasteiger partial charge is 0.414 e. The van der Waals surface area contributed by atoms with Gasteiger partial charge in [0.15, 0.2) is 12.1 Å². The van der Waals surface area contributed by atoms with E-state index >= 15 is 0 Å². The second-order valence-corrected chi connectivity index (χ2v) is 8.62. The van der Waals surface area contributed by atoms with Gasteiger partial charge in [0.25, 0.3) is 5.91 Å². The molecule has 2 atom stereocenters. The van der Waals surface area contributed by atoms with Crippen LogP contribution in [0.15, 0.2) is 72.8 Å². The van der Waals surface area contributed by atoms with E-state index in [9.17, 15) is 14.7 Å². The van der Waals surface area contributed by atoms with Crippen molar-refractivity contribution >= 4 is 45.6 Å². The minimum absolute atomic E-state index is 0.249. The number of amides is 2. The number of carbonyl (C=O) groups is 2. The molecule has 0 bridgehead atoms. The molecule has 2 amide bonds. The predicted molar refractivity (Wildman–Crippen MR) is 141 cm³/mol. The number of fused-ring (bicyclic) bond motifs is 2. The van der Waals surface area contributed by atoms with Gasteiger partial charge >= 0.3 is 6.09 Å². The van der Waals surface area contributed by atoms with Gasteiger partial charge in [-0.1, -0.05) is 43.3 Å². The molecule has 0 saturated carbocycles. The lowest BCUT2D eigenvalue weighted by atomic mass is 10.0. The van der Waals surface area contributed by atoms with Crippen molar-refractivity contribution in [2.24, 2.45) is 0 Å². The average molecular weight is 499 g/mol. The summed E-state index contributed by atoms with van der Waals surface area (Å²) in [6, 6.07) is 20.3. The van der Waals surface area contributed by atoms with E-state index in [1.807, 2.05) is 18.2 Å². The number of carbonyl (C=O) groups excluding carboxylic acids is 2. The topological polar surface area (TPSA) is 158 Å². The highest BCUT2D eigenvalue weighted by atomic mass is 16.6. The maximum Gasteiger partial charge on any atom is 0.414 e. The van der Waals surface area contributed by atoms with Gasteiger partial charge in [-0.3, -0.25) is 4.79 Å². The van der Waals surface area contributed by atoms with Crippen molar-refractivity contribution in [2.75, 3.05) is 11.1 Å². The predicted octanol–water partition coefficient (Wildman–Crippen LogP) is 4.02. The summed E-state index contributed by atoms with van der Waals surface area (Å²) in [5, 5.41) is 17.2. The lowest BCUT2D eigenvalue weighted by Crippen LogP contribution is -2.43. The zero-order valence-electron chi connectivity index (χ0n) is 20.0. The second-order valence-electron chi connectivity index (χ2n) is 8.62. The molecule has 3 aromatic carbocycles. The molecule has 2 aromatic heterocycles. The second kappa shape index (κ2) is 10.0. The van der Waals surface area contributed by atoms with Crippen LogP contribution in [0.2, 0.25) is 0 Å². The van der Waals surface area contributed by atoms with Crippen LogP contribution in [-0.4, -0.2) is 38.2 Å². The van der Waals surface area contributed by atoms with E-state index in [1.54, 1.807) is 54.6 Å². The third kappa shape index (κ3) is 5.24. The molecule has 0 aliphatic rings. The van der Waals surface area contributed by atoms with Crippen LogP contribution in [0.1, 0.15) is 24.1 Å². The number of nitrogens with zero attached hydrogens (tertiary/aromatic N) is 1. The van der Waals surface area contributed by atoms with Gasteiger partial charge in [-0.05, 0) is 47.9 Å². The lowest BCUT2D eigenvalue weighted by molar-refractivity contribution is -0.125. The molecule has 37 heavy (non-hydrogen) atoms. The van der Waals surface area contributed by atoms with Gasteiger partial charge in [0.2, 0.25) is 5.88 Å². The van der Waals surface area contributed by atoms with Crippen LogP contribution in [0.4, 0.5) is 16.4 Å². The zero-order valence-corrected chi connectivity index (χ0v) is 20.0. The fourth-order valence-corrected chi connectivity index (χ4v) is 4.17. The van der Waals surface area contributed by atoms with Crippen LogP contribution in [0, 0.1) is 0 Å². The summed E-state index contributed by atoms with van der Waals surface area (Å²) in [4.78, 5) is 35.9. The number of aliphatic hydroxyl groups excluding tert-OH is 1. The van der Waals surface area contributed by atoms with Crippen molar-refractivity contribution in [3.05, 3.63) is 83.9 Å². The first-order valence-corrected chi connectivity index (χ1v) is 11.8. The van der Waals surface area contributed by atoms with Gasteiger partial charge in [-0.25, -0.2) is 9.78 Å². The molecule has 7 N–H and O–H groups in total. The molecule has 0 aliphatic heterocycles. The maximum absolute atomic E-state index is 13.0. The number of hydrogen-bond acceptors (Lipinski definition) is 6. The number of nitrogens with one attached hydrogen (secondary N) is 4. The lowest BCUT2D eigenvalue weighted by Gasteiger charge is -2.23. The summed E-state index contributed by atoms with van der Waals surface area (Å²) in [6.45, 7) is 2.06. The number of aromatic amines is 2. The molecular formula is C27H26N6O4. The third-order valence-corrected chi connectivity index (χ3v) is 6.06. The van der Waals surface area contributed by atoms with E-state index < -0.39 is 24.1 Å². The fourth-order valence-electron chi connectivity index (χ4n) is 4.17. The Morgan fingerprint density at radius 3 is 2.62 bits per heavy atom. The smallest absolute Gasteiger partial charge is 0.393 e. The Balaban J connectivity index is 1.32. The van der Waals surface area contributed by atoms with Crippen LogP contribution in [-0.2, 0) is 11.2 Å². The summed E-state index contributed by atoms with van der Waals surface area (Å²) >= 11 is 0. The highest BCUT2D eigenvalue weighted by Gasteiger charge is 2.30. The molecule has 2 unspecified atom stereocenters.